The molecule has 2 heterocycles. The van der Waals surface area contributed by atoms with E-state index in [0.717, 1.165) is 28.3 Å². The van der Waals surface area contributed by atoms with Crippen molar-refractivity contribution >= 4 is 0 Å². The van der Waals surface area contributed by atoms with E-state index in [1.807, 2.05) is 37.5 Å². The number of aryl methyl sites for hydroxylation is 3. The molecule has 2 aromatic heterocycles. The SMILES string of the molecule is Cc1nc(-c2ccccc2)cc(-c2ccc(C3(c4ccccc4)c4ccccc4-c4c(-c5cccc(-c6c(C)cncc6C)c5)cccc43)cc2)n1. The maximum atomic E-state index is 4.87. The smallest absolute Gasteiger partial charge is 0.126 e. The van der Waals surface area contributed by atoms with Gasteiger partial charge in [0.05, 0.1) is 16.8 Å². The van der Waals surface area contributed by atoms with Gasteiger partial charge in [-0.1, -0.05) is 146 Å². The van der Waals surface area contributed by atoms with Crippen LogP contribution in [0.5, 0.6) is 0 Å². The molecule has 8 aromatic rings. The fourth-order valence-corrected chi connectivity index (χ4v) is 8.41. The highest BCUT2D eigenvalue weighted by molar-refractivity contribution is 5.96. The van der Waals surface area contributed by atoms with Gasteiger partial charge >= 0.3 is 0 Å². The van der Waals surface area contributed by atoms with E-state index in [1.54, 1.807) is 0 Å². The molecule has 52 heavy (non-hydrogen) atoms. The lowest BCUT2D eigenvalue weighted by Gasteiger charge is -2.34. The van der Waals surface area contributed by atoms with Crippen molar-refractivity contribution in [3.63, 3.8) is 0 Å². The third-order valence-electron chi connectivity index (χ3n) is 10.6. The minimum absolute atomic E-state index is 0.519. The number of aromatic nitrogens is 3. The largest absolute Gasteiger partial charge is 0.264 e. The number of nitrogens with zero attached hydrogens (tertiary/aromatic N) is 3. The van der Waals surface area contributed by atoms with Crippen LogP contribution >= 0.6 is 0 Å². The molecule has 0 radical (unpaired) electrons. The number of hydrogen-bond donors (Lipinski definition) is 0. The van der Waals surface area contributed by atoms with E-state index in [0.29, 0.717) is 0 Å². The number of hydrogen-bond acceptors (Lipinski definition) is 3. The van der Waals surface area contributed by atoms with Crippen LogP contribution in [0.4, 0.5) is 0 Å². The van der Waals surface area contributed by atoms with E-state index in [4.69, 9.17) is 9.97 Å². The zero-order valence-electron chi connectivity index (χ0n) is 29.5. The lowest BCUT2D eigenvalue weighted by Crippen LogP contribution is -2.28. The molecule has 0 aliphatic heterocycles. The predicted molar refractivity (Wildman–Crippen MR) is 213 cm³/mol. The summed E-state index contributed by atoms with van der Waals surface area (Å²) >= 11 is 0. The molecule has 3 heteroatoms. The summed E-state index contributed by atoms with van der Waals surface area (Å²) in [6, 6.07) is 57.3. The molecule has 6 aromatic carbocycles. The van der Waals surface area contributed by atoms with E-state index in [1.165, 1.54) is 66.8 Å². The fraction of sp³-hybridized carbons (Fsp3) is 0.0816. The minimum atomic E-state index is -0.519. The number of fused-ring (bicyclic) bond motifs is 3. The van der Waals surface area contributed by atoms with E-state index in [2.05, 4.69) is 158 Å². The van der Waals surface area contributed by atoms with Crippen LogP contribution < -0.4 is 0 Å². The van der Waals surface area contributed by atoms with Gasteiger partial charge in [-0.05, 0) is 99.7 Å². The van der Waals surface area contributed by atoms with E-state index in [-0.39, 0.29) is 0 Å². The van der Waals surface area contributed by atoms with Gasteiger partial charge in [-0.15, -0.1) is 0 Å². The summed E-state index contributed by atoms with van der Waals surface area (Å²) in [5.41, 5.74) is 18.3. The highest BCUT2D eigenvalue weighted by atomic mass is 14.9. The third kappa shape index (κ3) is 5.08. The van der Waals surface area contributed by atoms with Crippen LogP contribution in [0.25, 0.3) is 55.9 Å². The standard InChI is InChI=1S/C49H37N3/c1-32-30-50-31-33(2)47(32)38-17-12-16-37(28-38)41-21-13-23-44-48(41)42-20-10-11-22-43(42)49(44,39-18-8-5-9-19-39)40-26-24-36(25-27-40)46-29-45(51-34(3)52-46)35-14-6-4-7-15-35/h4-31H,1-3H3. The van der Waals surface area contributed by atoms with Gasteiger partial charge in [0.1, 0.15) is 5.82 Å². The second-order valence-electron chi connectivity index (χ2n) is 13.7. The van der Waals surface area contributed by atoms with Crippen LogP contribution in [0.15, 0.2) is 170 Å². The van der Waals surface area contributed by atoms with E-state index in [9.17, 15) is 0 Å². The first-order valence-corrected chi connectivity index (χ1v) is 17.9. The summed E-state index contributed by atoms with van der Waals surface area (Å²) in [4.78, 5) is 14.1. The van der Waals surface area contributed by atoms with Crippen molar-refractivity contribution in [1.82, 2.24) is 15.0 Å². The van der Waals surface area contributed by atoms with Crippen molar-refractivity contribution in [2.45, 2.75) is 26.2 Å². The predicted octanol–water partition coefficient (Wildman–Crippen LogP) is 11.8. The first-order chi connectivity index (χ1) is 25.5. The first-order valence-electron chi connectivity index (χ1n) is 17.9. The second kappa shape index (κ2) is 12.7. The monoisotopic (exact) mass is 667 g/mol. The number of benzene rings is 6. The Balaban J connectivity index is 1.24. The van der Waals surface area contributed by atoms with Crippen LogP contribution in [0.1, 0.15) is 39.2 Å². The molecule has 1 unspecified atom stereocenters. The van der Waals surface area contributed by atoms with Crippen LogP contribution in [0.3, 0.4) is 0 Å². The normalized spacial score (nSPS) is 14.5. The minimum Gasteiger partial charge on any atom is -0.264 e. The Morgan fingerprint density at radius 1 is 0.404 bits per heavy atom. The van der Waals surface area contributed by atoms with Crippen LogP contribution in [-0.2, 0) is 5.41 Å². The summed E-state index contributed by atoms with van der Waals surface area (Å²) in [7, 11) is 0. The van der Waals surface area contributed by atoms with Crippen molar-refractivity contribution in [1.29, 1.82) is 0 Å². The highest BCUT2D eigenvalue weighted by Gasteiger charge is 2.46. The van der Waals surface area contributed by atoms with Crippen molar-refractivity contribution in [2.24, 2.45) is 0 Å². The zero-order chi connectivity index (χ0) is 35.2. The molecule has 1 atom stereocenters. The van der Waals surface area contributed by atoms with E-state index < -0.39 is 5.41 Å². The van der Waals surface area contributed by atoms with Gasteiger partial charge in [-0.25, -0.2) is 9.97 Å². The molecule has 0 amide bonds. The maximum absolute atomic E-state index is 4.87. The van der Waals surface area contributed by atoms with Crippen molar-refractivity contribution in [3.8, 4) is 55.9 Å². The van der Waals surface area contributed by atoms with Gasteiger partial charge in [-0.2, -0.15) is 0 Å². The average molecular weight is 668 g/mol. The molecule has 1 aliphatic carbocycles. The number of pyridine rings is 1. The van der Waals surface area contributed by atoms with Gasteiger partial charge in [0, 0.05) is 23.5 Å². The molecular weight excluding hydrogens is 631 g/mol. The Morgan fingerprint density at radius 3 is 1.67 bits per heavy atom. The van der Waals surface area contributed by atoms with Crippen LogP contribution in [-0.4, -0.2) is 15.0 Å². The van der Waals surface area contributed by atoms with Gasteiger partial charge in [-0.3, -0.25) is 4.98 Å². The molecule has 1 aliphatic rings. The summed E-state index contributed by atoms with van der Waals surface area (Å²) in [5.74, 6) is 0.755. The highest BCUT2D eigenvalue weighted by Crippen LogP contribution is 2.58. The summed E-state index contributed by atoms with van der Waals surface area (Å²) in [6.45, 7) is 6.26. The summed E-state index contributed by atoms with van der Waals surface area (Å²) in [6.07, 6.45) is 3.91. The lowest BCUT2D eigenvalue weighted by molar-refractivity contribution is 0.768. The van der Waals surface area contributed by atoms with Crippen LogP contribution in [0, 0.1) is 20.8 Å². The van der Waals surface area contributed by atoms with Gasteiger partial charge in [0.2, 0.25) is 0 Å². The molecule has 248 valence electrons. The topological polar surface area (TPSA) is 38.7 Å². The van der Waals surface area contributed by atoms with Crippen LogP contribution in [0.2, 0.25) is 0 Å². The molecule has 0 spiro atoms. The molecule has 9 rings (SSSR count). The fourth-order valence-electron chi connectivity index (χ4n) is 8.41. The average Bonchev–Trinajstić information content (AvgIpc) is 3.50. The van der Waals surface area contributed by atoms with Crippen molar-refractivity contribution < 1.29 is 0 Å². The zero-order valence-corrected chi connectivity index (χ0v) is 29.5. The Labute approximate surface area is 305 Å². The Bertz CT molecular complexity index is 2570. The summed E-state index contributed by atoms with van der Waals surface area (Å²) < 4.78 is 0. The van der Waals surface area contributed by atoms with Crippen molar-refractivity contribution in [3.05, 3.63) is 209 Å². The van der Waals surface area contributed by atoms with Gasteiger partial charge in [0.15, 0.2) is 0 Å². The molecular formula is C49H37N3. The quantitative estimate of drug-likeness (QED) is 0.177. The molecule has 0 saturated heterocycles. The second-order valence-corrected chi connectivity index (χ2v) is 13.7. The molecule has 0 bridgehead atoms. The molecule has 0 fully saturated rings. The lowest BCUT2D eigenvalue weighted by atomic mass is 9.67. The molecule has 3 nitrogen and oxygen atoms in total. The first kappa shape index (κ1) is 31.5. The molecule has 0 N–H and O–H groups in total. The van der Waals surface area contributed by atoms with Crippen molar-refractivity contribution in [2.75, 3.05) is 0 Å². The Morgan fingerprint density at radius 2 is 0.942 bits per heavy atom. The maximum Gasteiger partial charge on any atom is 0.126 e. The Hall–Kier alpha value is -6.45. The van der Waals surface area contributed by atoms with Gasteiger partial charge in [0.25, 0.3) is 0 Å². The summed E-state index contributed by atoms with van der Waals surface area (Å²) in [5, 5.41) is 0. The third-order valence-corrected chi connectivity index (χ3v) is 10.6. The van der Waals surface area contributed by atoms with Gasteiger partial charge < -0.3 is 0 Å². The van der Waals surface area contributed by atoms with E-state index >= 15 is 0 Å². The molecule has 0 saturated carbocycles. The Kier molecular flexibility index (Phi) is 7.70. The number of rotatable bonds is 6.